The van der Waals surface area contributed by atoms with E-state index in [1.54, 1.807) is 6.07 Å². The van der Waals surface area contributed by atoms with Crippen LogP contribution in [-0.4, -0.2) is 28.8 Å². The van der Waals surface area contributed by atoms with Crippen LogP contribution in [-0.2, 0) is 14.4 Å². The van der Waals surface area contributed by atoms with Crippen LogP contribution in [0.25, 0.3) is 0 Å². The molecular formula is C20H29N3O5. The molecule has 28 heavy (non-hydrogen) atoms. The first-order valence-electron chi connectivity index (χ1n) is 9.64. The number of hydrogen-bond donors (Lipinski definition) is 4. The zero-order valence-corrected chi connectivity index (χ0v) is 16.3. The number of carbonyl (C=O) groups excluding carboxylic acids is 3. The van der Waals surface area contributed by atoms with Crippen molar-refractivity contribution in [2.45, 2.75) is 64.7 Å². The fourth-order valence-electron chi connectivity index (χ4n) is 2.61. The molecule has 0 bridgehead atoms. The van der Waals surface area contributed by atoms with Gasteiger partial charge in [0.2, 0.25) is 17.7 Å². The van der Waals surface area contributed by atoms with E-state index < -0.39 is 24.2 Å². The number of amides is 3. The predicted molar refractivity (Wildman–Crippen MR) is 106 cm³/mol. The molecular weight excluding hydrogens is 362 g/mol. The van der Waals surface area contributed by atoms with Crippen molar-refractivity contribution < 1.29 is 24.3 Å². The Kier molecular flexibility index (Phi) is 11.0. The summed E-state index contributed by atoms with van der Waals surface area (Å²) in [6.07, 6.45) is 7.42. The Hall–Kier alpha value is -2.90. The molecule has 4 N–H and O–H groups in total. The van der Waals surface area contributed by atoms with Crippen molar-refractivity contribution in [3.05, 3.63) is 29.8 Å². The molecule has 0 radical (unpaired) electrons. The Morgan fingerprint density at radius 3 is 2.11 bits per heavy atom. The Morgan fingerprint density at radius 1 is 0.821 bits per heavy atom. The SMILES string of the molecule is CCCCCCCCCC(=O)NNC(=O)CC(=O)Nc1ccccc1C(=O)O. The third kappa shape index (κ3) is 9.70. The van der Waals surface area contributed by atoms with Crippen molar-refractivity contribution in [1.82, 2.24) is 10.9 Å². The highest BCUT2D eigenvalue weighted by molar-refractivity contribution is 6.06. The van der Waals surface area contributed by atoms with Crippen molar-refractivity contribution in [3.63, 3.8) is 0 Å². The average Bonchev–Trinajstić information content (AvgIpc) is 2.65. The lowest BCUT2D eigenvalue weighted by Gasteiger charge is -2.09. The Bertz CT molecular complexity index is 676. The lowest BCUT2D eigenvalue weighted by molar-refractivity contribution is -0.131. The highest BCUT2D eigenvalue weighted by Crippen LogP contribution is 2.15. The van der Waals surface area contributed by atoms with Crippen molar-refractivity contribution in [2.24, 2.45) is 0 Å². The molecule has 8 heteroatoms. The van der Waals surface area contributed by atoms with Crippen LogP contribution in [0.5, 0.6) is 0 Å². The van der Waals surface area contributed by atoms with E-state index in [0.29, 0.717) is 6.42 Å². The summed E-state index contributed by atoms with van der Waals surface area (Å²) in [5.41, 5.74) is 4.51. The van der Waals surface area contributed by atoms with Crippen LogP contribution in [0.3, 0.4) is 0 Å². The largest absolute Gasteiger partial charge is 0.478 e. The molecule has 0 unspecified atom stereocenters. The maximum absolute atomic E-state index is 11.9. The first kappa shape index (κ1) is 23.1. The van der Waals surface area contributed by atoms with E-state index in [4.69, 9.17) is 5.11 Å². The minimum absolute atomic E-state index is 0.0701. The van der Waals surface area contributed by atoms with Gasteiger partial charge in [0.25, 0.3) is 0 Å². The van der Waals surface area contributed by atoms with Gasteiger partial charge in [0.1, 0.15) is 6.42 Å². The van der Waals surface area contributed by atoms with Crippen LogP contribution in [0.1, 0.15) is 75.1 Å². The fraction of sp³-hybridized carbons (Fsp3) is 0.500. The molecule has 1 aromatic carbocycles. The highest BCUT2D eigenvalue weighted by atomic mass is 16.4. The van der Waals surface area contributed by atoms with Gasteiger partial charge in [0.05, 0.1) is 11.3 Å². The Balaban J connectivity index is 2.23. The number of carboxylic acid groups (broad SMARTS) is 1. The van der Waals surface area contributed by atoms with Crippen LogP contribution in [0.2, 0.25) is 0 Å². The first-order chi connectivity index (χ1) is 13.4. The second-order valence-electron chi connectivity index (χ2n) is 6.54. The smallest absolute Gasteiger partial charge is 0.337 e. The van der Waals surface area contributed by atoms with Gasteiger partial charge < -0.3 is 10.4 Å². The van der Waals surface area contributed by atoms with Gasteiger partial charge in [-0.3, -0.25) is 25.2 Å². The summed E-state index contributed by atoms with van der Waals surface area (Å²) in [6.45, 7) is 2.16. The minimum atomic E-state index is -1.18. The third-order valence-electron chi connectivity index (χ3n) is 4.10. The van der Waals surface area contributed by atoms with Gasteiger partial charge in [-0.05, 0) is 18.6 Å². The molecule has 0 saturated carbocycles. The molecule has 8 nitrogen and oxygen atoms in total. The number of nitrogens with one attached hydrogen (secondary N) is 3. The molecule has 0 saturated heterocycles. The Morgan fingerprint density at radius 2 is 1.43 bits per heavy atom. The molecule has 0 spiro atoms. The maximum atomic E-state index is 11.9. The van der Waals surface area contributed by atoms with Crippen molar-refractivity contribution in [2.75, 3.05) is 5.32 Å². The van der Waals surface area contributed by atoms with Crippen LogP contribution in [0.4, 0.5) is 5.69 Å². The van der Waals surface area contributed by atoms with E-state index in [9.17, 15) is 19.2 Å². The number of benzene rings is 1. The standard InChI is InChI=1S/C20H29N3O5/c1-2-3-4-5-6-7-8-13-17(24)22-23-19(26)14-18(25)21-16-12-10-9-11-15(16)20(27)28/h9-12H,2-8,13-14H2,1H3,(H,21,25)(H,22,24)(H,23,26)(H,27,28). The number of anilines is 1. The van der Waals surface area contributed by atoms with Gasteiger partial charge >= 0.3 is 5.97 Å². The number of unbranched alkanes of at least 4 members (excludes halogenated alkanes) is 6. The lowest BCUT2D eigenvalue weighted by atomic mass is 10.1. The number of carboxylic acids is 1. The third-order valence-corrected chi connectivity index (χ3v) is 4.10. The van der Waals surface area contributed by atoms with Gasteiger partial charge in [-0.1, -0.05) is 57.6 Å². The lowest BCUT2D eigenvalue weighted by Crippen LogP contribution is -2.42. The summed E-state index contributed by atoms with van der Waals surface area (Å²) in [5, 5.41) is 11.5. The topological polar surface area (TPSA) is 125 Å². The van der Waals surface area contributed by atoms with Gasteiger partial charge in [-0.15, -0.1) is 0 Å². The number of hydrazine groups is 1. The summed E-state index contributed by atoms with van der Waals surface area (Å²) in [5.74, 6) is -2.85. The number of aromatic carboxylic acids is 1. The average molecular weight is 391 g/mol. The van der Waals surface area contributed by atoms with E-state index in [-0.39, 0.29) is 17.2 Å². The summed E-state index contributed by atoms with van der Waals surface area (Å²) in [6, 6.07) is 5.89. The van der Waals surface area contributed by atoms with Crippen molar-refractivity contribution in [3.8, 4) is 0 Å². The second kappa shape index (κ2) is 13.3. The van der Waals surface area contributed by atoms with Gasteiger partial charge in [-0.25, -0.2) is 4.79 Å². The van der Waals surface area contributed by atoms with E-state index in [1.807, 2.05) is 0 Å². The summed E-state index contributed by atoms with van der Waals surface area (Å²) in [7, 11) is 0. The maximum Gasteiger partial charge on any atom is 0.337 e. The summed E-state index contributed by atoms with van der Waals surface area (Å²) < 4.78 is 0. The van der Waals surface area contributed by atoms with Crippen LogP contribution >= 0.6 is 0 Å². The number of para-hydroxylation sites is 1. The normalized spacial score (nSPS) is 10.2. The molecule has 0 atom stereocenters. The molecule has 3 amide bonds. The zero-order valence-electron chi connectivity index (χ0n) is 16.3. The Labute approximate surface area is 165 Å². The predicted octanol–water partition coefficient (Wildman–Crippen LogP) is 3.00. The van der Waals surface area contributed by atoms with E-state index in [2.05, 4.69) is 23.1 Å². The quantitative estimate of drug-likeness (QED) is 0.248. The fourth-order valence-corrected chi connectivity index (χ4v) is 2.61. The van der Waals surface area contributed by atoms with Gasteiger partial charge in [-0.2, -0.15) is 0 Å². The van der Waals surface area contributed by atoms with Crippen LogP contribution in [0.15, 0.2) is 24.3 Å². The molecule has 1 aromatic rings. The summed E-state index contributed by atoms with van der Waals surface area (Å²) in [4.78, 5) is 46.4. The molecule has 0 heterocycles. The first-order valence-corrected chi connectivity index (χ1v) is 9.64. The van der Waals surface area contributed by atoms with Gasteiger partial charge in [0, 0.05) is 6.42 Å². The molecule has 154 valence electrons. The molecule has 0 aromatic heterocycles. The second-order valence-corrected chi connectivity index (χ2v) is 6.54. The molecule has 0 aliphatic heterocycles. The molecule has 0 aliphatic carbocycles. The van der Waals surface area contributed by atoms with Gasteiger partial charge in [0.15, 0.2) is 0 Å². The van der Waals surface area contributed by atoms with Crippen molar-refractivity contribution >= 4 is 29.4 Å². The van der Waals surface area contributed by atoms with Crippen molar-refractivity contribution in [1.29, 1.82) is 0 Å². The van der Waals surface area contributed by atoms with E-state index in [0.717, 1.165) is 19.3 Å². The minimum Gasteiger partial charge on any atom is -0.478 e. The number of carbonyl (C=O) groups is 4. The van der Waals surface area contributed by atoms with E-state index in [1.165, 1.54) is 43.9 Å². The monoisotopic (exact) mass is 391 g/mol. The van der Waals surface area contributed by atoms with E-state index >= 15 is 0 Å². The van der Waals surface area contributed by atoms with Crippen LogP contribution in [0, 0.1) is 0 Å². The molecule has 1 rings (SSSR count). The number of rotatable bonds is 12. The molecule has 0 aliphatic rings. The molecule has 0 fully saturated rings. The highest BCUT2D eigenvalue weighted by Gasteiger charge is 2.14. The number of hydrogen-bond acceptors (Lipinski definition) is 4. The zero-order chi connectivity index (χ0) is 20.8. The summed E-state index contributed by atoms with van der Waals surface area (Å²) >= 11 is 0. The van der Waals surface area contributed by atoms with Crippen LogP contribution < -0.4 is 16.2 Å².